The van der Waals surface area contributed by atoms with Crippen molar-refractivity contribution in [1.29, 1.82) is 0 Å². The predicted molar refractivity (Wildman–Crippen MR) is 117 cm³/mol. The number of aromatic nitrogens is 4. The fourth-order valence-electron chi connectivity index (χ4n) is 3.60. The van der Waals surface area contributed by atoms with Crippen molar-refractivity contribution in [2.24, 2.45) is 5.73 Å². The van der Waals surface area contributed by atoms with Crippen molar-refractivity contribution in [3.63, 3.8) is 0 Å². The minimum atomic E-state index is -0.453. The summed E-state index contributed by atoms with van der Waals surface area (Å²) in [6.07, 6.45) is 7.16. The predicted octanol–water partition coefficient (Wildman–Crippen LogP) is 2.47. The molecule has 0 atom stereocenters. The van der Waals surface area contributed by atoms with Crippen LogP contribution in [0.4, 0.5) is 17.3 Å². The number of amides is 1. The topological polar surface area (TPSA) is 111 Å². The summed E-state index contributed by atoms with van der Waals surface area (Å²) in [5, 5.41) is 3.30. The molecule has 0 aliphatic carbocycles. The molecule has 5 rings (SSSR count). The number of anilines is 3. The molecule has 1 amide bonds. The molecule has 0 spiro atoms. The Labute approximate surface area is 178 Å². The number of nitrogens with one attached hydrogen (secondary N) is 1. The molecule has 1 fully saturated rings. The lowest BCUT2D eigenvalue weighted by Crippen LogP contribution is -2.36. The molecule has 3 N–H and O–H groups in total. The van der Waals surface area contributed by atoms with Gasteiger partial charge in [0.25, 0.3) is 0 Å². The SMILES string of the molecule is NC(=O)c1ccc(-c2cnc(Nc3ccc(N4CCOCC4)nc3)c3nccn23)cc1. The molecule has 31 heavy (non-hydrogen) atoms. The molecule has 0 saturated carbocycles. The van der Waals surface area contributed by atoms with Crippen molar-refractivity contribution in [3.05, 3.63) is 66.7 Å². The maximum Gasteiger partial charge on any atom is 0.248 e. The molecule has 0 radical (unpaired) electrons. The van der Waals surface area contributed by atoms with Crippen molar-refractivity contribution in [2.75, 3.05) is 36.5 Å². The zero-order chi connectivity index (χ0) is 21.2. The Morgan fingerprint density at radius 3 is 2.52 bits per heavy atom. The second-order valence-electron chi connectivity index (χ2n) is 7.18. The van der Waals surface area contributed by atoms with Crippen LogP contribution >= 0.6 is 0 Å². The Bertz CT molecular complexity index is 1210. The first-order valence-corrected chi connectivity index (χ1v) is 9.97. The first-order chi connectivity index (χ1) is 15.2. The number of benzene rings is 1. The van der Waals surface area contributed by atoms with Crippen LogP contribution in [0.25, 0.3) is 16.9 Å². The molecule has 1 saturated heterocycles. The van der Waals surface area contributed by atoms with Gasteiger partial charge in [0, 0.05) is 36.6 Å². The molecule has 4 aromatic rings. The van der Waals surface area contributed by atoms with E-state index in [2.05, 4.69) is 25.2 Å². The molecule has 0 unspecified atom stereocenters. The Morgan fingerprint density at radius 1 is 1.00 bits per heavy atom. The Morgan fingerprint density at radius 2 is 1.81 bits per heavy atom. The van der Waals surface area contributed by atoms with Gasteiger partial charge in [-0.2, -0.15) is 0 Å². The molecule has 9 heteroatoms. The highest BCUT2D eigenvalue weighted by molar-refractivity contribution is 5.93. The van der Waals surface area contributed by atoms with Gasteiger partial charge < -0.3 is 20.7 Å². The minimum Gasteiger partial charge on any atom is -0.378 e. The van der Waals surface area contributed by atoms with E-state index in [9.17, 15) is 4.79 Å². The fourth-order valence-corrected chi connectivity index (χ4v) is 3.60. The summed E-state index contributed by atoms with van der Waals surface area (Å²) < 4.78 is 7.34. The van der Waals surface area contributed by atoms with E-state index in [1.54, 1.807) is 30.7 Å². The molecule has 1 aromatic carbocycles. The number of rotatable bonds is 5. The van der Waals surface area contributed by atoms with E-state index in [0.717, 1.165) is 49.1 Å². The molecule has 1 aliphatic heterocycles. The van der Waals surface area contributed by atoms with Gasteiger partial charge in [-0.3, -0.25) is 9.20 Å². The number of nitrogens with zero attached hydrogens (tertiary/aromatic N) is 5. The summed E-state index contributed by atoms with van der Waals surface area (Å²) in [4.78, 5) is 27.1. The third-order valence-electron chi connectivity index (χ3n) is 5.24. The van der Waals surface area contributed by atoms with Crippen LogP contribution in [-0.2, 0) is 4.74 Å². The smallest absolute Gasteiger partial charge is 0.248 e. The third-order valence-corrected chi connectivity index (χ3v) is 5.24. The maximum absolute atomic E-state index is 11.3. The van der Waals surface area contributed by atoms with Gasteiger partial charge in [0.2, 0.25) is 5.91 Å². The van der Waals surface area contributed by atoms with Crippen molar-refractivity contribution in [3.8, 4) is 11.3 Å². The summed E-state index contributed by atoms with van der Waals surface area (Å²) in [5.74, 6) is 1.11. The second-order valence-corrected chi connectivity index (χ2v) is 7.18. The zero-order valence-electron chi connectivity index (χ0n) is 16.7. The average molecular weight is 415 g/mol. The monoisotopic (exact) mass is 415 g/mol. The summed E-state index contributed by atoms with van der Waals surface area (Å²) in [7, 11) is 0. The van der Waals surface area contributed by atoms with Gasteiger partial charge in [0.1, 0.15) is 5.82 Å². The fraction of sp³-hybridized carbons (Fsp3) is 0.182. The lowest BCUT2D eigenvalue weighted by molar-refractivity contribution is 0.100. The number of hydrogen-bond acceptors (Lipinski definition) is 7. The number of carbonyl (C=O) groups is 1. The van der Waals surface area contributed by atoms with Crippen molar-refractivity contribution < 1.29 is 9.53 Å². The molecule has 9 nitrogen and oxygen atoms in total. The zero-order valence-corrected chi connectivity index (χ0v) is 16.7. The van der Waals surface area contributed by atoms with Gasteiger partial charge in [-0.25, -0.2) is 15.0 Å². The molecule has 0 bridgehead atoms. The number of imidazole rings is 1. The summed E-state index contributed by atoms with van der Waals surface area (Å²) in [6.45, 7) is 3.14. The van der Waals surface area contributed by atoms with E-state index in [4.69, 9.17) is 10.5 Å². The van der Waals surface area contributed by atoms with E-state index in [-0.39, 0.29) is 0 Å². The quantitative estimate of drug-likeness (QED) is 0.515. The summed E-state index contributed by atoms with van der Waals surface area (Å²) in [5.41, 5.74) is 9.07. The highest BCUT2D eigenvalue weighted by atomic mass is 16.5. The van der Waals surface area contributed by atoms with Gasteiger partial charge >= 0.3 is 0 Å². The number of ether oxygens (including phenoxy) is 1. The molecule has 4 heterocycles. The first-order valence-electron chi connectivity index (χ1n) is 9.97. The number of nitrogens with two attached hydrogens (primary N) is 1. The molecular weight excluding hydrogens is 394 g/mol. The number of morpholine rings is 1. The van der Waals surface area contributed by atoms with Crippen LogP contribution in [0, 0.1) is 0 Å². The maximum atomic E-state index is 11.3. The van der Waals surface area contributed by atoms with E-state index in [1.807, 2.05) is 34.9 Å². The van der Waals surface area contributed by atoms with E-state index < -0.39 is 5.91 Å². The number of fused-ring (bicyclic) bond motifs is 1. The van der Waals surface area contributed by atoms with Gasteiger partial charge in [-0.05, 0) is 24.3 Å². The number of primary amides is 1. The second kappa shape index (κ2) is 8.04. The van der Waals surface area contributed by atoms with Gasteiger partial charge in [0.15, 0.2) is 11.5 Å². The Balaban J connectivity index is 1.40. The van der Waals surface area contributed by atoms with Gasteiger partial charge in [-0.1, -0.05) is 12.1 Å². The molecule has 156 valence electrons. The normalized spacial score (nSPS) is 14.0. The number of pyridine rings is 1. The summed E-state index contributed by atoms with van der Waals surface area (Å²) >= 11 is 0. The highest BCUT2D eigenvalue weighted by Crippen LogP contribution is 2.26. The van der Waals surface area contributed by atoms with Gasteiger partial charge in [-0.15, -0.1) is 0 Å². The molecule has 3 aromatic heterocycles. The first kappa shape index (κ1) is 19.0. The van der Waals surface area contributed by atoms with Crippen molar-refractivity contribution in [2.45, 2.75) is 0 Å². The van der Waals surface area contributed by atoms with Gasteiger partial charge in [0.05, 0.1) is 37.0 Å². The Hall–Kier alpha value is -3.98. The van der Waals surface area contributed by atoms with E-state index in [0.29, 0.717) is 17.0 Å². The minimum absolute atomic E-state index is 0.453. The van der Waals surface area contributed by atoms with Crippen LogP contribution in [0.2, 0.25) is 0 Å². The standard InChI is InChI=1S/C22H21N7O2/c23-20(30)16-3-1-15(2-4-16)18-14-26-21(22-24-7-8-29(18)22)27-17-5-6-19(25-13-17)28-9-11-31-12-10-28/h1-8,13-14H,9-12H2,(H2,23,30)(H,26,27). The van der Waals surface area contributed by atoms with Crippen LogP contribution in [0.1, 0.15) is 10.4 Å². The van der Waals surface area contributed by atoms with Crippen LogP contribution in [0.5, 0.6) is 0 Å². The van der Waals surface area contributed by atoms with Crippen molar-refractivity contribution in [1.82, 2.24) is 19.4 Å². The van der Waals surface area contributed by atoms with Crippen LogP contribution in [0.3, 0.4) is 0 Å². The van der Waals surface area contributed by atoms with E-state index in [1.165, 1.54) is 0 Å². The molecular formula is C22H21N7O2. The molecule has 1 aliphatic rings. The van der Waals surface area contributed by atoms with Crippen LogP contribution in [-0.4, -0.2) is 51.6 Å². The third kappa shape index (κ3) is 3.78. The lowest BCUT2D eigenvalue weighted by Gasteiger charge is -2.27. The van der Waals surface area contributed by atoms with Crippen molar-refractivity contribution >= 4 is 28.9 Å². The van der Waals surface area contributed by atoms with E-state index >= 15 is 0 Å². The number of hydrogen-bond donors (Lipinski definition) is 2. The number of carbonyl (C=O) groups excluding carboxylic acids is 1. The Kier molecular flexibility index (Phi) is 4.93. The highest BCUT2D eigenvalue weighted by Gasteiger charge is 2.14. The average Bonchev–Trinajstić information content (AvgIpc) is 3.31. The van der Waals surface area contributed by atoms with Crippen LogP contribution in [0.15, 0.2) is 61.2 Å². The summed E-state index contributed by atoms with van der Waals surface area (Å²) in [6, 6.07) is 11.1. The van der Waals surface area contributed by atoms with Crippen LogP contribution < -0.4 is 16.0 Å². The largest absolute Gasteiger partial charge is 0.378 e. The lowest BCUT2D eigenvalue weighted by atomic mass is 10.1.